The van der Waals surface area contributed by atoms with Gasteiger partial charge in [-0.3, -0.25) is 0 Å². The van der Waals surface area contributed by atoms with Crippen LogP contribution in [-0.4, -0.2) is 38.6 Å². The van der Waals surface area contributed by atoms with Gasteiger partial charge >= 0.3 is 0 Å². The van der Waals surface area contributed by atoms with E-state index in [4.69, 9.17) is 0 Å². The highest BCUT2D eigenvalue weighted by molar-refractivity contribution is 8.19. The molecule has 0 spiro atoms. The molecule has 4 heteroatoms. The quantitative estimate of drug-likeness (QED) is 0.756. The van der Waals surface area contributed by atoms with E-state index in [9.17, 15) is 0 Å². The number of nitrogens with zero attached hydrogens (tertiary/aromatic N) is 1. The van der Waals surface area contributed by atoms with E-state index in [1.807, 2.05) is 11.6 Å². The van der Waals surface area contributed by atoms with E-state index in [2.05, 4.69) is 47.7 Å². The van der Waals surface area contributed by atoms with E-state index >= 15 is 0 Å². The largest absolute Gasteiger partial charge is 0.365 e. The van der Waals surface area contributed by atoms with Crippen molar-refractivity contribution in [2.45, 2.75) is 6.04 Å². The lowest BCUT2D eigenvalue weighted by atomic mass is 10.2. The number of anilines is 1. The molecular formula is C11H17BN2S. The Morgan fingerprint density at radius 3 is 2.93 bits per heavy atom. The van der Waals surface area contributed by atoms with E-state index in [-0.39, 0.29) is 0 Å². The highest BCUT2D eigenvalue weighted by atomic mass is 32.2. The molecule has 15 heavy (non-hydrogen) atoms. The lowest BCUT2D eigenvalue weighted by Gasteiger charge is -2.37. The molecule has 0 radical (unpaired) electrons. The molecule has 1 aliphatic heterocycles. The van der Waals surface area contributed by atoms with Gasteiger partial charge in [0.2, 0.25) is 0 Å². The second-order valence-corrected chi connectivity index (χ2v) is 4.75. The number of rotatable bonds is 3. The highest BCUT2D eigenvalue weighted by Gasteiger charge is 2.21. The second-order valence-electron chi connectivity index (χ2n) is 3.84. The van der Waals surface area contributed by atoms with Gasteiger partial charge in [0, 0.05) is 37.1 Å². The number of nitrogens with one attached hydrogen (secondary N) is 1. The summed E-state index contributed by atoms with van der Waals surface area (Å²) in [7, 11) is 2.18. The van der Waals surface area contributed by atoms with Gasteiger partial charge in [0.25, 0.3) is 0 Å². The van der Waals surface area contributed by atoms with Crippen molar-refractivity contribution in [1.82, 2.24) is 5.32 Å². The molecule has 0 aromatic heterocycles. The number of para-hydroxylation sites is 1. The monoisotopic (exact) mass is 220 g/mol. The summed E-state index contributed by atoms with van der Waals surface area (Å²) >= 11 is 1.92. The van der Waals surface area contributed by atoms with Crippen molar-refractivity contribution in [2.75, 3.05) is 30.3 Å². The minimum atomic E-state index is 0.635. The summed E-state index contributed by atoms with van der Waals surface area (Å²) in [5.41, 5.74) is 1.36. The van der Waals surface area contributed by atoms with E-state index in [1.165, 1.54) is 11.4 Å². The highest BCUT2D eigenvalue weighted by Crippen LogP contribution is 2.19. The van der Waals surface area contributed by atoms with Gasteiger partial charge in [0.15, 0.2) is 7.12 Å². The SMILES string of the molecule is BSCC1CNCCN1c1ccccc1. The lowest BCUT2D eigenvalue weighted by Crippen LogP contribution is -2.52. The maximum Gasteiger partial charge on any atom is 0.173 e. The molecule has 2 rings (SSSR count). The Bertz CT molecular complexity index is 292. The molecule has 1 aromatic rings. The second kappa shape index (κ2) is 5.47. The summed E-state index contributed by atoms with van der Waals surface area (Å²) in [6.07, 6.45) is 0. The summed E-state index contributed by atoms with van der Waals surface area (Å²) in [5, 5.41) is 3.46. The Kier molecular flexibility index (Phi) is 3.97. The van der Waals surface area contributed by atoms with E-state index in [0.717, 1.165) is 19.6 Å². The molecular weight excluding hydrogens is 203 g/mol. The predicted octanol–water partition coefficient (Wildman–Crippen LogP) is 0.746. The van der Waals surface area contributed by atoms with E-state index in [1.54, 1.807) is 0 Å². The van der Waals surface area contributed by atoms with Crippen LogP contribution in [0.3, 0.4) is 0 Å². The van der Waals surface area contributed by atoms with Gasteiger partial charge in [0.05, 0.1) is 0 Å². The van der Waals surface area contributed by atoms with Crippen LogP contribution in [-0.2, 0) is 0 Å². The van der Waals surface area contributed by atoms with Crippen molar-refractivity contribution in [3.05, 3.63) is 30.3 Å². The zero-order valence-electron chi connectivity index (χ0n) is 9.15. The van der Waals surface area contributed by atoms with E-state index in [0.29, 0.717) is 6.04 Å². The smallest absolute Gasteiger partial charge is 0.173 e. The van der Waals surface area contributed by atoms with Crippen LogP contribution in [0, 0.1) is 0 Å². The van der Waals surface area contributed by atoms with Crippen LogP contribution in [0.15, 0.2) is 30.3 Å². The Hall–Kier alpha value is -0.605. The molecule has 0 amide bonds. The summed E-state index contributed by atoms with van der Waals surface area (Å²) in [4.78, 5) is 2.52. The molecule has 1 aliphatic rings. The Labute approximate surface area is 96.7 Å². The standard InChI is InChI=1S/C11H17BN2S/c12-15-9-11-8-13-6-7-14(11)10-4-2-1-3-5-10/h1-5,11,13H,6-9,12H2. The van der Waals surface area contributed by atoms with E-state index < -0.39 is 0 Å². The van der Waals surface area contributed by atoms with Crippen LogP contribution >= 0.6 is 11.6 Å². The van der Waals surface area contributed by atoms with Gasteiger partial charge in [-0.15, -0.1) is 0 Å². The molecule has 0 aliphatic carbocycles. The summed E-state index contributed by atoms with van der Waals surface area (Å²) in [6, 6.07) is 11.4. The average Bonchev–Trinajstić information content (AvgIpc) is 2.31. The van der Waals surface area contributed by atoms with Crippen molar-refractivity contribution < 1.29 is 0 Å². The van der Waals surface area contributed by atoms with Crippen LogP contribution in [0.2, 0.25) is 0 Å². The summed E-state index contributed by atoms with van der Waals surface area (Å²) in [6.45, 7) is 3.32. The number of hydrogen-bond acceptors (Lipinski definition) is 3. The summed E-state index contributed by atoms with van der Waals surface area (Å²) in [5.74, 6) is 1.20. The first-order valence-electron chi connectivity index (χ1n) is 5.43. The molecule has 1 N–H and O–H groups in total. The zero-order valence-corrected chi connectivity index (χ0v) is 9.96. The third kappa shape index (κ3) is 2.70. The molecule has 1 heterocycles. The Morgan fingerprint density at radius 1 is 1.40 bits per heavy atom. The van der Waals surface area contributed by atoms with Crippen LogP contribution in [0.25, 0.3) is 0 Å². The van der Waals surface area contributed by atoms with Crippen LogP contribution in [0.4, 0.5) is 5.69 Å². The maximum atomic E-state index is 3.46. The molecule has 0 bridgehead atoms. The first-order valence-corrected chi connectivity index (χ1v) is 6.82. The van der Waals surface area contributed by atoms with Gasteiger partial charge in [-0.1, -0.05) is 18.2 Å². The first-order chi connectivity index (χ1) is 7.42. The van der Waals surface area contributed by atoms with Crippen molar-refractivity contribution >= 4 is 24.4 Å². The molecule has 0 saturated carbocycles. The number of piperazine rings is 1. The fourth-order valence-electron chi connectivity index (χ4n) is 2.06. The zero-order chi connectivity index (χ0) is 10.5. The minimum absolute atomic E-state index is 0.635. The summed E-state index contributed by atoms with van der Waals surface area (Å²) < 4.78 is 0. The van der Waals surface area contributed by atoms with Gasteiger partial charge in [0.1, 0.15) is 0 Å². The van der Waals surface area contributed by atoms with Gasteiger partial charge in [-0.05, 0) is 12.1 Å². The molecule has 1 aromatic carbocycles. The third-order valence-corrected chi connectivity index (χ3v) is 3.52. The maximum absolute atomic E-state index is 3.46. The fraction of sp³-hybridized carbons (Fsp3) is 0.455. The van der Waals surface area contributed by atoms with Gasteiger partial charge in [-0.25, -0.2) is 11.6 Å². The molecule has 2 nitrogen and oxygen atoms in total. The topological polar surface area (TPSA) is 15.3 Å². The van der Waals surface area contributed by atoms with Crippen molar-refractivity contribution in [3.63, 3.8) is 0 Å². The van der Waals surface area contributed by atoms with Crippen LogP contribution in [0.5, 0.6) is 0 Å². The van der Waals surface area contributed by atoms with Gasteiger partial charge in [-0.2, -0.15) is 0 Å². The van der Waals surface area contributed by atoms with Crippen molar-refractivity contribution in [1.29, 1.82) is 0 Å². The lowest BCUT2D eigenvalue weighted by molar-refractivity contribution is 0.506. The van der Waals surface area contributed by atoms with Crippen LogP contribution in [0.1, 0.15) is 0 Å². The molecule has 1 atom stereocenters. The average molecular weight is 220 g/mol. The first kappa shape index (κ1) is 10.9. The van der Waals surface area contributed by atoms with Crippen LogP contribution < -0.4 is 10.2 Å². The molecule has 1 saturated heterocycles. The van der Waals surface area contributed by atoms with Crippen molar-refractivity contribution in [3.8, 4) is 0 Å². The van der Waals surface area contributed by atoms with Gasteiger partial charge < -0.3 is 10.2 Å². The molecule has 1 fully saturated rings. The predicted molar refractivity (Wildman–Crippen MR) is 71.4 cm³/mol. The minimum Gasteiger partial charge on any atom is -0.365 e. The Morgan fingerprint density at radius 2 is 2.20 bits per heavy atom. The third-order valence-electron chi connectivity index (χ3n) is 2.80. The normalized spacial score (nSPS) is 21.6. The van der Waals surface area contributed by atoms with Crippen molar-refractivity contribution in [2.24, 2.45) is 0 Å². The molecule has 1 unspecified atom stereocenters. The molecule has 80 valence electrons. The number of hydrogen-bond donors (Lipinski definition) is 1. The Balaban J connectivity index is 2.11. The fourth-order valence-corrected chi connectivity index (χ4v) is 2.74. The number of benzene rings is 1.